The molecule has 0 fully saturated rings. The number of hydrogen-bond donors (Lipinski definition) is 1. The van der Waals surface area contributed by atoms with Gasteiger partial charge in [-0.2, -0.15) is 0 Å². The second kappa shape index (κ2) is 15.7. The standard InChI is InChI=1S/C25H37NO9/c1-6-9-22(27)34-20-12-11-18(14-21(20)35-23(28)10-7-2)13-19(26)24(29)32-17(5)15-31-25(30)33-16(4)8-3/h11-12,14,16-17,19H,6-10,13,15,26H2,1-5H3/t16?,17-,19-/m0/s1. The van der Waals surface area contributed by atoms with Gasteiger partial charge in [-0.15, -0.1) is 0 Å². The highest BCUT2D eigenvalue weighted by molar-refractivity contribution is 5.77. The lowest BCUT2D eigenvalue weighted by Crippen LogP contribution is -2.37. The zero-order valence-corrected chi connectivity index (χ0v) is 21.2. The van der Waals surface area contributed by atoms with E-state index in [4.69, 9.17) is 29.4 Å². The molecule has 196 valence electrons. The quantitative estimate of drug-likeness (QED) is 0.299. The summed E-state index contributed by atoms with van der Waals surface area (Å²) in [5.74, 6) is -1.42. The van der Waals surface area contributed by atoms with Gasteiger partial charge in [-0.25, -0.2) is 4.79 Å². The molecule has 2 N–H and O–H groups in total. The van der Waals surface area contributed by atoms with Crippen LogP contribution in [0.25, 0.3) is 0 Å². The molecule has 0 aliphatic heterocycles. The van der Waals surface area contributed by atoms with Crippen LogP contribution in [0.1, 0.15) is 72.3 Å². The molecule has 1 aromatic rings. The van der Waals surface area contributed by atoms with Gasteiger partial charge in [0.1, 0.15) is 24.9 Å². The lowest BCUT2D eigenvalue weighted by atomic mass is 10.1. The van der Waals surface area contributed by atoms with Crippen molar-refractivity contribution in [1.82, 2.24) is 0 Å². The Morgan fingerprint density at radius 2 is 1.46 bits per heavy atom. The predicted octanol–water partition coefficient (Wildman–Crippen LogP) is 3.85. The molecule has 10 heteroatoms. The van der Waals surface area contributed by atoms with Gasteiger partial charge in [0.25, 0.3) is 0 Å². The molecule has 0 spiro atoms. The Labute approximate surface area is 206 Å². The summed E-state index contributed by atoms with van der Waals surface area (Å²) in [7, 11) is 0. The first-order valence-corrected chi connectivity index (χ1v) is 11.9. The van der Waals surface area contributed by atoms with Crippen LogP contribution in [0.2, 0.25) is 0 Å². The highest BCUT2D eigenvalue weighted by Gasteiger charge is 2.22. The van der Waals surface area contributed by atoms with Crippen molar-refractivity contribution >= 4 is 24.1 Å². The normalized spacial score (nSPS) is 13.2. The van der Waals surface area contributed by atoms with Crippen LogP contribution in [0.3, 0.4) is 0 Å². The van der Waals surface area contributed by atoms with Gasteiger partial charge in [-0.3, -0.25) is 14.4 Å². The number of hydrogen-bond acceptors (Lipinski definition) is 10. The van der Waals surface area contributed by atoms with E-state index < -0.39 is 36.2 Å². The van der Waals surface area contributed by atoms with Crippen molar-refractivity contribution in [3.05, 3.63) is 23.8 Å². The monoisotopic (exact) mass is 495 g/mol. The van der Waals surface area contributed by atoms with Crippen LogP contribution in [0.5, 0.6) is 11.5 Å². The maximum absolute atomic E-state index is 12.4. The minimum atomic E-state index is -1.03. The zero-order valence-electron chi connectivity index (χ0n) is 21.2. The van der Waals surface area contributed by atoms with E-state index in [1.807, 2.05) is 20.8 Å². The Morgan fingerprint density at radius 3 is 2.03 bits per heavy atom. The highest BCUT2D eigenvalue weighted by atomic mass is 16.7. The summed E-state index contributed by atoms with van der Waals surface area (Å²) in [5.41, 5.74) is 6.57. The molecular weight excluding hydrogens is 458 g/mol. The molecule has 0 bridgehead atoms. The molecule has 0 aromatic heterocycles. The van der Waals surface area contributed by atoms with Crippen molar-refractivity contribution in [1.29, 1.82) is 0 Å². The molecule has 0 saturated carbocycles. The van der Waals surface area contributed by atoms with Crippen molar-refractivity contribution in [3.63, 3.8) is 0 Å². The van der Waals surface area contributed by atoms with Crippen molar-refractivity contribution in [2.24, 2.45) is 5.73 Å². The third kappa shape index (κ3) is 11.7. The summed E-state index contributed by atoms with van der Waals surface area (Å²) in [6, 6.07) is 3.59. The lowest BCUT2D eigenvalue weighted by Gasteiger charge is -2.18. The van der Waals surface area contributed by atoms with E-state index in [1.54, 1.807) is 19.9 Å². The van der Waals surface area contributed by atoms with Crippen LogP contribution < -0.4 is 15.2 Å². The van der Waals surface area contributed by atoms with E-state index in [0.717, 1.165) is 0 Å². The van der Waals surface area contributed by atoms with Gasteiger partial charge in [0.2, 0.25) is 0 Å². The van der Waals surface area contributed by atoms with Gasteiger partial charge in [0.15, 0.2) is 11.5 Å². The number of carbonyl (C=O) groups is 4. The molecule has 35 heavy (non-hydrogen) atoms. The Balaban J connectivity index is 2.77. The van der Waals surface area contributed by atoms with E-state index in [1.165, 1.54) is 12.1 Å². The highest BCUT2D eigenvalue weighted by Crippen LogP contribution is 2.30. The lowest BCUT2D eigenvalue weighted by molar-refractivity contribution is -0.152. The van der Waals surface area contributed by atoms with Gasteiger partial charge in [-0.05, 0) is 57.2 Å². The molecule has 0 saturated heterocycles. The fourth-order valence-electron chi connectivity index (χ4n) is 2.72. The minimum absolute atomic E-state index is 0.0734. The average molecular weight is 496 g/mol. The molecule has 1 unspecified atom stereocenters. The number of nitrogens with two attached hydrogens (primary N) is 1. The maximum Gasteiger partial charge on any atom is 0.508 e. The Hall–Kier alpha value is -3.14. The number of esters is 3. The van der Waals surface area contributed by atoms with Crippen LogP contribution in [0.15, 0.2) is 18.2 Å². The van der Waals surface area contributed by atoms with E-state index >= 15 is 0 Å². The summed E-state index contributed by atoms with van der Waals surface area (Å²) >= 11 is 0. The zero-order chi connectivity index (χ0) is 26.4. The van der Waals surface area contributed by atoms with Crippen LogP contribution in [0.4, 0.5) is 4.79 Å². The molecule has 3 atom stereocenters. The van der Waals surface area contributed by atoms with Crippen molar-refractivity contribution in [3.8, 4) is 11.5 Å². The van der Waals surface area contributed by atoms with Gasteiger partial charge in [0, 0.05) is 12.8 Å². The Kier molecular flexibility index (Phi) is 13.4. The summed E-state index contributed by atoms with van der Waals surface area (Å²) in [6.07, 6.45) is 0.502. The summed E-state index contributed by atoms with van der Waals surface area (Å²) < 4.78 is 25.9. The minimum Gasteiger partial charge on any atom is -0.458 e. The molecule has 0 radical (unpaired) electrons. The fraction of sp³-hybridized carbons (Fsp3) is 0.600. The third-order valence-corrected chi connectivity index (χ3v) is 4.75. The van der Waals surface area contributed by atoms with E-state index in [-0.39, 0.29) is 43.5 Å². The largest absolute Gasteiger partial charge is 0.508 e. The molecule has 0 heterocycles. The van der Waals surface area contributed by atoms with Crippen molar-refractivity contribution in [2.75, 3.05) is 6.61 Å². The first kappa shape index (κ1) is 29.9. The molecular formula is C25H37NO9. The van der Waals surface area contributed by atoms with Crippen molar-refractivity contribution < 1.29 is 42.9 Å². The molecule has 10 nitrogen and oxygen atoms in total. The smallest absolute Gasteiger partial charge is 0.458 e. The Morgan fingerprint density at radius 1 is 0.857 bits per heavy atom. The Bertz CT molecular complexity index is 855. The van der Waals surface area contributed by atoms with Crippen molar-refractivity contribution in [2.45, 2.75) is 91.4 Å². The second-order valence-corrected chi connectivity index (χ2v) is 8.19. The van der Waals surface area contributed by atoms with Gasteiger partial charge in [-0.1, -0.05) is 26.8 Å². The molecule has 1 aromatic carbocycles. The summed E-state index contributed by atoms with van der Waals surface area (Å²) in [5, 5.41) is 0. The van der Waals surface area contributed by atoms with Crippen LogP contribution in [-0.4, -0.2) is 48.9 Å². The second-order valence-electron chi connectivity index (χ2n) is 8.19. The SMILES string of the molecule is CCCC(=O)Oc1ccc(C[C@H](N)C(=O)O[C@@H](C)COC(=O)OC(C)CC)cc1OC(=O)CCC. The maximum atomic E-state index is 12.4. The predicted molar refractivity (Wildman–Crippen MR) is 127 cm³/mol. The fourth-order valence-corrected chi connectivity index (χ4v) is 2.72. The number of benzene rings is 1. The third-order valence-electron chi connectivity index (χ3n) is 4.75. The molecule has 0 aliphatic carbocycles. The van der Waals surface area contributed by atoms with E-state index in [9.17, 15) is 19.2 Å². The van der Waals surface area contributed by atoms with Gasteiger partial charge < -0.3 is 29.4 Å². The van der Waals surface area contributed by atoms with Crippen LogP contribution >= 0.6 is 0 Å². The average Bonchev–Trinajstić information content (AvgIpc) is 2.79. The molecule has 0 aliphatic rings. The number of carbonyl (C=O) groups excluding carboxylic acids is 4. The van der Waals surface area contributed by atoms with Crippen LogP contribution in [-0.2, 0) is 35.0 Å². The van der Waals surface area contributed by atoms with Crippen LogP contribution in [0, 0.1) is 0 Å². The topological polar surface area (TPSA) is 140 Å². The molecule has 1 rings (SSSR count). The number of rotatable bonds is 14. The summed E-state index contributed by atoms with van der Waals surface area (Å²) in [6.45, 7) is 8.68. The van der Waals surface area contributed by atoms with Gasteiger partial charge in [0.05, 0.1) is 0 Å². The number of ether oxygens (including phenoxy) is 5. The van der Waals surface area contributed by atoms with E-state index in [0.29, 0.717) is 24.8 Å². The first-order valence-electron chi connectivity index (χ1n) is 11.9. The van der Waals surface area contributed by atoms with Gasteiger partial charge >= 0.3 is 24.1 Å². The molecule has 0 amide bonds. The first-order chi connectivity index (χ1) is 16.6. The van der Waals surface area contributed by atoms with E-state index in [2.05, 4.69) is 0 Å². The summed E-state index contributed by atoms with van der Waals surface area (Å²) in [4.78, 5) is 47.9.